The van der Waals surface area contributed by atoms with E-state index in [1.54, 1.807) is 43.3 Å². The summed E-state index contributed by atoms with van der Waals surface area (Å²) in [5.74, 6) is -2.19. The first-order valence-corrected chi connectivity index (χ1v) is 8.69. The van der Waals surface area contributed by atoms with Crippen LogP contribution in [0.15, 0.2) is 54.6 Å². The van der Waals surface area contributed by atoms with Crippen LogP contribution in [0, 0.1) is 18.3 Å². The molecule has 1 atom stereocenters. The van der Waals surface area contributed by atoms with Crippen molar-refractivity contribution >= 4 is 11.9 Å². The van der Waals surface area contributed by atoms with Gasteiger partial charge >= 0.3 is 5.97 Å². The summed E-state index contributed by atoms with van der Waals surface area (Å²) < 4.78 is 1.88. The molecule has 0 bridgehead atoms. The first-order chi connectivity index (χ1) is 13.3. The molecule has 0 saturated carbocycles. The molecule has 0 saturated heterocycles. The number of benzene rings is 2. The van der Waals surface area contributed by atoms with E-state index in [2.05, 4.69) is 6.07 Å². The molecule has 0 aliphatic carbocycles. The second-order valence-corrected chi connectivity index (χ2v) is 6.59. The molecule has 0 radical (unpaired) electrons. The van der Waals surface area contributed by atoms with Gasteiger partial charge in [-0.25, -0.2) is 0 Å². The van der Waals surface area contributed by atoms with Gasteiger partial charge in [-0.2, -0.15) is 5.26 Å². The van der Waals surface area contributed by atoms with E-state index >= 15 is 0 Å². The largest absolute Gasteiger partial charge is 0.481 e. The van der Waals surface area contributed by atoms with E-state index in [-0.39, 0.29) is 0 Å². The summed E-state index contributed by atoms with van der Waals surface area (Å²) in [4.78, 5) is 23.1. The van der Waals surface area contributed by atoms with Crippen molar-refractivity contribution in [2.45, 2.75) is 19.8 Å². The molecule has 0 fully saturated rings. The number of carboxylic acid groups (broad SMARTS) is 1. The monoisotopic (exact) mass is 373 g/mol. The number of hydrogen-bond acceptors (Lipinski definition) is 3. The summed E-state index contributed by atoms with van der Waals surface area (Å²) in [5.41, 5.74) is 10.1. The summed E-state index contributed by atoms with van der Waals surface area (Å²) in [6.45, 7) is 3.48. The summed E-state index contributed by atoms with van der Waals surface area (Å²) in [7, 11) is 0. The number of aryl methyl sites for hydroxylation is 1. The minimum Gasteiger partial charge on any atom is -0.481 e. The Hall–Kier alpha value is -3.85. The number of carbonyl (C=O) groups is 2. The lowest BCUT2D eigenvalue weighted by molar-refractivity contribution is -0.138. The smallest absolute Gasteiger partial charge is 0.312 e. The molecule has 2 aromatic carbocycles. The molecule has 6 nitrogen and oxygen atoms in total. The van der Waals surface area contributed by atoms with Crippen molar-refractivity contribution in [1.29, 1.82) is 5.26 Å². The molecular weight excluding hydrogens is 354 g/mol. The number of nitrogens with two attached hydrogens (primary N) is 1. The number of aliphatic carboxylic acids is 1. The molecule has 1 aromatic heterocycles. The van der Waals surface area contributed by atoms with Crippen LogP contribution < -0.4 is 5.73 Å². The van der Waals surface area contributed by atoms with E-state index < -0.39 is 17.8 Å². The number of carbonyl (C=O) groups excluding carboxylic acids is 1. The highest BCUT2D eigenvalue weighted by Crippen LogP contribution is 2.32. The van der Waals surface area contributed by atoms with Gasteiger partial charge in [-0.3, -0.25) is 9.59 Å². The van der Waals surface area contributed by atoms with Crippen LogP contribution in [-0.2, 0) is 4.79 Å². The third kappa shape index (κ3) is 3.38. The van der Waals surface area contributed by atoms with E-state index in [9.17, 15) is 14.7 Å². The molecule has 0 aliphatic heterocycles. The zero-order valence-corrected chi connectivity index (χ0v) is 15.5. The van der Waals surface area contributed by atoms with Gasteiger partial charge in [-0.1, -0.05) is 12.1 Å². The maximum absolute atomic E-state index is 11.6. The summed E-state index contributed by atoms with van der Waals surface area (Å²) in [5, 5.41) is 18.5. The molecule has 3 N–H and O–H groups in total. The lowest BCUT2D eigenvalue weighted by Gasteiger charge is -2.18. The highest BCUT2D eigenvalue weighted by Gasteiger charge is 2.22. The lowest BCUT2D eigenvalue weighted by Crippen LogP contribution is -2.15. The number of rotatable bonds is 5. The molecular formula is C22H19N3O3. The van der Waals surface area contributed by atoms with Crippen molar-refractivity contribution in [3.8, 4) is 23.0 Å². The van der Waals surface area contributed by atoms with Crippen molar-refractivity contribution in [2.75, 3.05) is 0 Å². The molecule has 3 aromatic rings. The highest BCUT2D eigenvalue weighted by atomic mass is 16.4. The average molecular weight is 373 g/mol. The number of primary amides is 1. The number of aromatic nitrogens is 1. The minimum absolute atomic E-state index is 0.390. The maximum atomic E-state index is 11.6. The third-order valence-electron chi connectivity index (χ3n) is 4.76. The van der Waals surface area contributed by atoms with E-state index in [0.717, 1.165) is 22.5 Å². The van der Waals surface area contributed by atoms with E-state index in [1.807, 2.05) is 29.7 Å². The van der Waals surface area contributed by atoms with Gasteiger partial charge in [0.25, 0.3) is 0 Å². The Bertz CT molecular complexity index is 1110. The van der Waals surface area contributed by atoms with Gasteiger partial charge in [0.05, 0.1) is 23.2 Å². The number of hydrogen-bond donors (Lipinski definition) is 2. The van der Waals surface area contributed by atoms with Gasteiger partial charge < -0.3 is 15.4 Å². The Morgan fingerprint density at radius 3 is 2.32 bits per heavy atom. The SMILES string of the molecule is Cc1cc(C(N)=O)ccc1-n1c(-c2ccc(C#N)cc2)ccc1C(C)C(=O)O. The fraction of sp³-hybridized carbons (Fsp3) is 0.136. The Balaban J connectivity index is 2.24. The predicted molar refractivity (Wildman–Crippen MR) is 105 cm³/mol. The standard InChI is InChI=1S/C22H19N3O3/c1-13-11-17(21(24)26)7-8-18(13)25-19(14(2)22(27)28)9-10-20(25)16-5-3-15(12-23)4-6-16/h3-11,14H,1-2H3,(H2,24,26)(H,27,28). The summed E-state index contributed by atoms with van der Waals surface area (Å²) >= 11 is 0. The molecule has 1 amide bonds. The molecule has 3 rings (SSSR count). The Kier molecular flexibility index (Phi) is 5.01. The molecule has 0 spiro atoms. The molecule has 1 unspecified atom stereocenters. The van der Waals surface area contributed by atoms with Crippen molar-refractivity contribution < 1.29 is 14.7 Å². The van der Waals surface area contributed by atoms with Crippen LogP contribution in [0.25, 0.3) is 16.9 Å². The predicted octanol–water partition coefficient (Wildman–Crippen LogP) is 3.61. The van der Waals surface area contributed by atoms with Gasteiger partial charge in [0.1, 0.15) is 0 Å². The molecule has 6 heteroatoms. The topological polar surface area (TPSA) is 109 Å². The number of nitrogens with zero attached hydrogens (tertiary/aromatic N) is 2. The van der Waals surface area contributed by atoms with Crippen molar-refractivity contribution in [1.82, 2.24) is 4.57 Å². The van der Waals surface area contributed by atoms with Gasteiger partial charge in [0.2, 0.25) is 5.91 Å². The lowest BCUT2D eigenvalue weighted by atomic mass is 10.1. The second-order valence-electron chi connectivity index (χ2n) is 6.59. The van der Waals surface area contributed by atoms with E-state index in [0.29, 0.717) is 16.8 Å². The normalized spacial score (nSPS) is 11.6. The van der Waals surface area contributed by atoms with Crippen LogP contribution in [0.3, 0.4) is 0 Å². The summed E-state index contributed by atoms with van der Waals surface area (Å²) in [6.07, 6.45) is 0. The molecule has 28 heavy (non-hydrogen) atoms. The van der Waals surface area contributed by atoms with Crippen LogP contribution in [0.5, 0.6) is 0 Å². The van der Waals surface area contributed by atoms with Crippen molar-refractivity contribution in [3.63, 3.8) is 0 Å². The number of amides is 1. The van der Waals surface area contributed by atoms with Gasteiger partial charge in [0.15, 0.2) is 0 Å². The maximum Gasteiger partial charge on any atom is 0.312 e. The Labute approximate surface area is 162 Å². The fourth-order valence-corrected chi connectivity index (χ4v) is 3.19. The van der Waals surface area contributed by atoms with Crippen LogP contribution in [0.2, 0.25) is 0 Å². The highest BCUT2D eigenvalue weighted by molar-refractivity contribution is 5.93. The van der Waals surface area contributed by atoms with Crippen molar-refractivity contribution in [2.24, 2.45) is 5.73 Å². The van der Waals surface area contributed by atoms with Crippen LogP contribution in [-0.4, -0.2) is 21.6 Å². The van der Waals surface area contributed by atoms with Crippen LogP contribution in [0.4, 0.5) is 0 Å². The number of carboxylic acids is 1. The van der Waals surface area contributed by atoms with E-state index in [1.165, 1.54) is 0 Å². The number of nitriles is 1. The molecule has 140 valence electrons. The molecule has 0 aliphatic rings. The van der Waals surface area contributed by atoms with Crippen LogP contribution >= 0.6 is 0 Å². The summed E-state index contributed by atoms with van der Waals surface area (Å²) in [6, 6.07) is 17.9. The minimum atomic E-state index is -0.933. The zero-order chi connectivity index (χ0) is 20.4. The Morgan fingerprint density at radius 1 is 1.11 bits per heavy atom. The second kappa shape index (κ2) is 7.41. The zero-order valence-electron chi connectivity index (χ0n) is 15.5. The molecule has 1 heterocycles. The van der Waals surface area contributed by atoms with Crippen LogP contribution in [0.1, 0.15) is 40.0 Å². The van der Waals surface area contributed by atoms with Crippen molar-refractivity contribution in [3.05, 3.63) is 77.0 Å². The average Bonchev–Trinajstić information content (AvgIpc) is 3.11. The fourth-order valence-electron chi connectivity index (χ4n) is 3.19. The van der Waals surface area contributed by atoms with Gasteiger partial charge in [0, 0.05) is 16.9 Å². The Morgan fingerprint density at radius 2 is 1.79 bits per heavy atom. The van der Waals surface area contributed by atoms with E-state index in [4.69, 9.17) is 11.0 Å². The first kappa shape index (κ1) is 18.9. The van der Waals surface area contributed by atoms with Gasteiger partial charge in [-0.15, -0.1) is 0 Å². The van der Waals surface area contributed by atoms with Gasteiger partial charge in [-0.05, 0) is 67.4 Å². The first-order valence-electron chi connectivity index (χ1n) is 8.69. The quantitative estimate of drug-likeness (QED) is 0.712. The third-order valence-corrected chi connectivity index (χ3v) is 4.76.